The topological polar surface area (TPSA) is 67.0 Å². The molecule has 1 aliphatic heterocycles. The highest BCUT2D eigenvalue weighted by Crippen LogP contribution is 2.32. The van der Waals surface area contributed by atoms with Crippen molar-refractivity contribution in [2.24, 2.45) is 0 Å². The Balaban J connectivity index is 1.43. The number of ether oxygens (including phenoxy) is 2. The van der Waals surface area contributed by atoms with Gasteiger partial charge in [-0.3, -0.25) is 0 Å². The van der Waals surface area contributed by atoms with Crippen molar-refractivity contribution >= 4 is 12.2 Å². The summed E-state index contributed by atoms with van der Waals surface area (Å²) in [5, 5.41) is 4.41. The lowest BCUT2D eigenvalue weighted by molar-refractivity contribution is 0.0346. The lowest BCUT2D eigenvalue weighted by atomic mass is 10.1. The second kappa shape index (κ2) is 8.79. The first-order valence-electron chi connectivity index (χ1n) is 10.5. The summed E-state index contributed by atoms with van der Waals surface area (Å²) in [4.78, 5) is 8.65. The molecule has 1 atom stereocenters. The highest BCUT2D eigenvalue weighted by molar-refractivity contribution is 5.69. The number of aryl methyl sites for hydroxylation is 1. The molecule has 3 heterocycles. The van der Waals surface area contributed by atoms with Crippen molar-refractivity contribution in [3.63, 3.8) is 0 Å². The Morgan fingerprint density at radius 2 is 1.91 bits per heavy atom. The maximum absolute atomic E-state index is 14.3. The minimum Gasteiger partial charge on any atom is -0.495 e. The third-order valence-corrected chi connectivity index (χ3v) is 5.46. The maximum Gasteiger partial charge on any atom is 0.174 e. The van der Waals surface area contributed by atoms with Crippen LogP contribution in [-0.2, 0) is 11.3 Å². The number of fused-ring (bicyclic) bond motifs is 1. The molecule has 2 aromatic carbocycles. The molecule has 34 heavy (non-hydrogen) atoms. The monoisotopic (exact) mass is 467 g/mol. The summed E-state index contributed by atoms with van der Waals surface area (Å²) in [6.45, 7) is 2.47. The largest absolute Gasteiger partial charge is 0.495 e. The van der Waals surface area contributed by atoms with Crippen LogP contribution in [0.4, 0.5) is 13.2 Å². The van der Waals surface area contributed by atoms with Crippen LogP contribution in [0.3, 0.4) is 0 Å². The minimum absolute atomic E-state index is 0.187. The van der Waals surface area contributed by atoms with Gasteiger partial charge in [0.05, 0.1) is 43.5 Å². The average Bonchev–Trinajstić information content (AvgIpc) is 3.43. The molecule has 0 bridgehead atoms. The Morgan fingerprint density at radius 3 is 2.62 bits per heavy atom. The van der Waals surface area contributed by atoms with Gasteiger partial charge in [-0.2, -0.15) is 5.10 Å². The van der Waals surface area contributed by atoms with Gasteiger partial charge in [-0.1, -0.05) is 12.1 Å². The van der Waals surface area contributed by atoms with Crippen LogP contribution in [0, 0.1) is 24.4 Å². The molecule has 2 aromatic heterocycles. The van der Waals surface area contributed by atoms with E-state index in [2.05, 4.69) is 15.1 Å². The van der Waals surface area contributed by atoms with E-state index in [9.17, 15) is 13.2 Å². The first kappa shape index (κ1) is 21.9. The van der Waals surface area contributed by atoms with Crippen molar-refractivity contribution in [2.45, 2.75) is 19.6 Å². The van der Waals surface area contributed by atoms with Gasteiger partial charge in [-0.05, 0) is 30.7 Å². The van der Waals surface area contributed by atoms with Gasteiger partial charge in [0.2, 0.25) is 0 Å². The second-order valence-corrected chi connectivity index (χ2v) is 7.77. The molecule has 0 fully saturated rings. The van der Waals surface area contributed by atoms with Crippen molar-refractivity contribution < 1.29 is 22.6 Å². The fraction of sp³-hybridized carbons (Fsp3) is 0.208. The van der Waals surface area contributed by atoms with Gasteiger partial charge in [0.25, 0.3) is 0 Å². The summed E-state index contributed by atoms with van der Waals surface area (Å²) >= 11 is 0. The highest BCUT2D eigenvalue weighted by Gasteiger charge is 2.31. The molecule has 5 rings (SSSR count). The SMILES string of the molecule is COc1cc(C=Cc2nc3n(n2)CCO[C@H]3c2c(F)cc(F)cc2F)ccc1-n1cnc(C)c1. The molecule has 0 N–H and O–H groups in total. The molecule has 4 aromatic rings. The van der Waals surface area contributed by atoms with E-state index < -0.39 is 23.6 Å². The number of benzene rings is 2. The standard InChI is InChI=1S/C24H20F3N5O2/c1-14-12-31(13-28-14)19-5-3-15(9-20(19)33-2)4-6-21-29-24-23(34-8-7-32(24)30-21)22-17(26)10-16(25)11-18(22)27/h3-6,9-13,23H,7-8H2,1-2H3/t23-/m0/s1. The van der Waals surface area contributed by atoms with Crippen LogP contribution >= 0.6 is 0 Å². The van der Waals surface area contributed by atoms with Gasteiger partial charge < -0.3 is 14.0 Å². The number of halogens is 3. The summed E-state index contributed by atoms with van der Waals surface area (Å²) < 4.78 is 56.6. The molecular formula is C24H20F3N5O2. The Morgan fingerprint density at radius 1 is 1.12 bits per heavy atom. The molecule has 10 heteroatoms. The summed E-state index contributed by atoms with van der Waals surface area (Å²) in [5.74, 6) is -1.80. The predicted octanol–water partition coefficient (Wildman–Crippen LogP) is 4.49. The van der Waals surface area contributed by atoms with Crippen LogP contribution in [0.15, 0.2) is 42.9 Å². The Bertz CT molecular complexity index is 1370. The zero-order chi connectivity index (χ0) is 23.8. The van der Waals surface area contributed by atoms with Crippen LogP contribution in [0.1, 0.15) is 34.6 Å². The molecule has 0 saturated carbocycles. The number of hydrogen-bond acceptors (Lipinski definition) is 5. The molecule has 0 radical (unpaired) electrons. The zero-order valence-corrected chi connectivity index (χ0v) is 18.4. The molecule has 0 aliphatic carbocycles. The van der Waals surface area contributed by atoms with Gasteiger partial charge in [0, 0.05) is 18.3 Å². The van der Waals surface area contributed by atoms with Crippen LogP contribution < -0.4 is 4.74 Å². The number of hydrogen-bond donors (Lipinski definition) is 0. The minimum atomic E-state index is -1.12. The van der Waals surface area contributed by atoms with Gasteiger partial charge >= 0.3 is 0 Å². The van der Waals surface area contributed by atoms with E-state index >= 15 is 0 Å². The van der Waals surface area contributed by atoms with E-state index in [1.54, 1.807) is 24.2 Å². The summed E-state index contributed by atoms with van der Waals surface area (Å²) in [5.41, 5.74) is 2.19. The van der Waals surface area contributed by atoms with Gasteiger partial charge in [0.1, 0.15) is 29.3 Å². The maximum atomic E-state index is 14.3. The number of imidazole rings is 1. The van der Waals surface area contributed by atoms with Crippen LogP contribution in [0.2, 0.25) is 0 Å². The van der Waals surface area contributed by atoms with Crippen molar-refractivity contribution in [2.75, 3.05) is 13.7 Å². The lowest BCUT2D eigenvalue weighted by Crippen LogP contribution is -2.25. The van der Waals surface area contributed by atoms with Crippen LogP contribution in [0.5, 0.6) is 5.75 Å². The highest BCUT2D eigenvalue weighted by atomic mass is 19.1. The van der Waals surface area contributed by atoms with Crippen molar-refractivity contribution in [3.05, 3.63) is 88.8 Å². The predicted molar refractivity (Wildman–Crippen MR) is 118 cm³/mol. The fourth-order valence-corrected chi connectivity index (χ4v) is 3.88. The van der Waals surface area contributed by atoms with E-state index in [-0.39, 0.29) is 18.0 Å². The molecule has 0 saturated heterocycles. The smallest absolute Gasteiger partial charge is 0.174 e. The van der Waals surface area contributed by atoms with Crippen LogP contribution in [-0.4, -0.2) is 38.0 Å². The normalized spacial score (nSPS) is 15.6. The van der Waals surface area contributed by atoms with Crippen molar-refractivity contribution in [1.29, 1.82) is 0 Å². The molecule has 0 amide bonds. The van der Waals surface area contributed by atoms with Gasteiger partial charge in [-0.15, -0.1) is 0 Å². The summed E-state index contributed by atoms with van der Waals surface area (Å²) in [6, 6.07) is 6.94. The number of methoxy groups -OCH3 is 1. The number of aromatic nitrogens is 5. The van der Waals surface area contributed by atoms with E-state index in [1.807, 2.05) is 42.0 Å². The van der Waals surface area contributed by atoms with E-state index in [4.69, 9.17) is 9.47 Å². The third-order valence-electron chi connectivity index (χ3n) is 5.46. The van der Waals surface area contributed by atoms with E-state index in [1.165, 1.54) is 0 Å². The fourth-order valence-electron chi connectivity index (χ4n) is 3.88. The second-order valence-electron chi connectivity index (χ2n) is 7.77. The molecule has 7 nitrogen and oxygen atoms in total. The number of rotatable bonds is 5. The van der Waals surface area contributed by atoms with Gasteiger partial charge in [-0.25, -0.2) is 27.8 Å². The Hall–Kier alpha value is -3.92. The van der Waals surface area contributed by atoms with E-state index in [0.717, 1.165) is 16.9 Å². The zero-order valence-electron chi connectivity index (χ0n) is 18.4. The van der Waals surface area contributed by atoms with Crippen molar-refractivity contribution in [1.82, 2.24) is 24.3 Å². The third kappa shape index (κ3) is 4.08. The van der Waals surface area contributed by atoms with Crippen molar-refractivity contribution in [3.8, 4) is 11.4 Å². The first-order chi connectivity index (χ1) is 16.4. The molecule has 174 valence electrons. The Kier molecular flexibility index (Phi) is 5.66. The van der Waals surface area contributed by atoms with E-state index in [0.29, 0.717) is 30.3 Å². The molecular weight excluding hydrogens is 447 g/mol. The van der Waals surface area contributed by atoms with Crippen LogP contribution in [0.25, 0.3) is 17.8 Å². The molecule has 1 aliphatic rings. The molecule has 0 spiro atoms. The lowest BCUT2D eigenvalue weighted by Gasteiger charge is -2.23. The molecule has 0 unspecified atom stereocenters. The number of nitrogens with zero attached hydrogens (tertiary/aromatic N) is 5. The summed E-state index contributed by atoms with van der Waals surface area (Å²) in [6.07, 6.45) is 5.99. The Labute approximate surface area is 193 Å². The average molecular weight is 467 g/mol. The quantitative estimate of drug-likeness (QED) is 0.433. The summed E-state index contributed by atoms with van der Waals surface area (Å²) in [7, 11) is 1.59. The first-order valence-corrected chi connectivity index (χ1v) is 10.5. The van der Waals surface area contributed by atoms with Gasteiger partial charge in [0.15, 0.2) is 11.6 Å².